The third-order valence-electron chi connectivity index (χ3n) is 3.15. The van der Waals surface area contributed by atoms with Crippen LogP contribution in [0.15, 0.2) is 42.6 Å². The van der Waals surface area contributed by atoms with Crippen LogP contribution in [0.5, 0.6) is 11.6 Å². The predicted octanol–water partition coefficient (Wildman–Crippen LogP) is 3.47. The van der Waals surface area contributed by atoms with Gasteiger partial charge in [0.2, 0.25) is 11.8 Å². The molecule has 138 valence electrons. The maximum Gasteiger partial charge on any atom is 0.220 e. The van der Waals surface area contributed by atoms with Crippen molar-refractivity contribution in [3.63, 3.8) is 0 Å². The number of carbonyl (C=O) groups excluding carboxylic acids is 1. The van der Waals surface area contributed by atoms with Crippen molar-refractivity contribution in [2.24, 2.45) is 0 Å². The lowest BCUT2D eigenvalue weighted by atomic mass is 10.2. The van der Waals surface area contributed by atoms with Crippen molar-refractivity contribution in [2.75, 3.05) is 13.6 Å². The first-order chi connectivity index (χ1) is 11.2. The van der Waals surface area contributed by atoms with E-state index < -0.39 is 0 Å². The molecule has 1 amide bonds. The number of pyridine rings is 1. The zero-order valence-corrected chi connectivity index (χ0v) is 15.5. The Balaban J connectivity index is 0.00000288. The Morgan fingerprint density at radius 3 is 2.48 bits per heavy atom. The summed E-state index contributed by atoms with van der Waals surface area (Å²) in [5, 5.41) is 5.85. The van der Waals surface area contributed by atoms with Gasteiger partial charge < -0.3 is 15.4 Å². The minimum absolute atomic E-state index is 0. The van der Waals surface area contributed by atoms with Crippen molar-refractivity contribution in [1.82, 2.24) is 15.6 Å². The number of nitrogens with zero attached hydrogens (tertiary/aromatic N) is 1. The molecule has 0 fully saturated rings. The van der Waals surface area contributed by atoms with Crippen LogP contribution in [0.4, 0.5) is 4.39 Å². The van der Waals surface area contributed by atoms with E-state index in [1.54, 1.807) is 12.3 Å². The molecule has 0 radical (unpaired) electrons. The molecule has 0 atom stereocenters. The molecule has 0 aliphatic heterocycles. The Morgan fingerprint density at radius 1 is 1.16 bits per heavy atom. The minimum atomic E-state index is -0.314. The molecule has 0 saturated carbocycles. The van der Waals surface area contributed by atoms with E-state index >= 15 is 0 Å². The van der Waals surface area contributed by atoms with Gasteiger partial charge in [0, 0.05) is 25.2 Å². The zero-order valence-electron chi connectivity index (χ0n) is 13.8. The van der Waals surface area contributed by atoms with E-state index in [2.05, 4.69) is 15.6 Å². The molecule has 8 heteroatoms. The van der Waals surface area contributed by atoms with Gasteiger partial charge in [-0.05, 0) is 49.8 Å². The van der Waals surface area contributed by atoms with Gasteiger partial charge in [-0.15, -0.1) is 24.8 Å². The summed E-state index contributed by atoms with van der Waals surface area (Å²) >= 11 is 0. The Labute approximate surface area is 159 Å². The summed E-state index contributed by atoms with van der Waals surface area (Å²) in [7, 11) is 1.86. The number of halogens is 3. The first-order valence-corrected chi connectivity index (χ1v) is 7.47. The van der Waals surface area contributed by atoms with Crippen molar-refractivity contribution in [3.05, 3.63) is 54.0 Å². The topological polar surface area (TPSA) is 63.2 Å². The largest absolute Gasteiger partial charge is 0.439 e. The average molecular weight is 390 g/mol. The SMILES string of the molecule is CNCCCC(=O)NCc1ccc(Oc2ccc(F)cc2)nc1.Cl.Cl. The van der Waals surface area contributed by atoms with Crippen molar-refractivity contribution >= 4 is 30.7 Å². The summed E-state index contributed by atoms with van der Waals surface area (Å²) in [6, 6.07) is 9.28. The summed E-state index contributed by atoms with van der Waals surface area (Å²) in [5.74, 6) is 0.642. The van der Waals surface area contributed by atoms with Gasteiger partial charge in [-0.25, -0.2) is 9.37 Å². The molecule has 1 aromatic heterocycles. The van der Waals surface area contributed by atoms with Crippen LogP contribution in [-0.2, 0) is 11.3 Å². The second-order valence-corrected chi connectivity index (χ2v) is 5.04. The predicted molar refractivity (Wildman–Crippen MR) is 100 cm³/mol. The first kappa shape index (κ1) is 23.1. The number of amides is 1. The molecule has 1 heterocycles. The highest BCUT2D eigenvalue weighted by Crippen LogP contribution is 2.19. The van der Waals surface area contributed by atoms with Gasteiger partial charge in [0.1, 0.15) is 11.6 Å². The average Bonchev–Trinajstić information content (AvgIpc) is 2.57. The second kappa shape index (κ2) is 12.5. The van der Waals surface area contributed by atoms with Gasteiger partial charge in [-0.1, -0.05) is 6.07 Å². The molecular formula is C17H22Cl2FN3O2. The van der Waals surface area contributed by atoms with E-state index in [-0.39, 0.29) is 36.5 Å². The van der Waals surface area contributed by atoms with Crippen LogP contribution in [0.1, 0.15) is 18.4 Å². The van der Waals surface area contributed by atoms with Crippen molar-refractivity contribution in [2.45, 2.75) is 19.4 Å². The highest BCUT2D eigenvalue weighted by atomic mass is 35.5. The van der Waals surface area contributed by atoms with Crippen molar-refractivity contribution in [3.8, 4) is 11.6 Å². The van der Waals surface area contributed by atoms with Crippen LogP contribution < -0.4 is 15.4 Å². The van der Waals surface area contributed by atoms with Crippen molar-refractivity contribution < 1.29 is 13.9 Å². The number of hydrogen-bond donors (Lipinski definition) is 2. The summed E-state index contributed by atoms with van der Waals surface area (Å²) in [6.45, 7) is 1.26. The number of carbonyl (C=O) groups is 1. The lowest BCUT2D eigenvalue weighted by Crippen LogP contribution is -2.23. The van der Waals surface area contributed by atoms with Gasteiger partial charge in [0.05, 0.1) is 0 Å². The molecule has 25 heavy (non-hydrogen) atoms. The number of ether oxygens (including phenoxy) is 1. The van der Waals surface area contributed by atoms with Crippen molar-refractivity contribution in [1.29, 1.82) is 0 Å². The molecule has 0 aliphatic rings. The van der Waals surface area contributed by atoms with E-state index in [0.29, 0.717) is 24.6 Å². The molecule has 0 saturated heterocycles. The van der Waals surface area contributed by atoms with Gasteiger partial charge in [0.25, 0.3) is 0 Å². The third-order valence-corrected chi connectivity index (χ3v) is 3.15. The zero-order chi connectivity index (χ0) is 16.5. The molecular weight excluding hydrogens is 368 g/mol. The van der Waals surface area contributed by atoms with Crippen LogP contribution >= 0.6 is 24.8 Å². The maximum atomic E-state index is 12.8. The van der Waals surface area contributed by atoms with E-state index in [1.165, 1.54) is 24.3 Å². The van der Waals surface area contributed by atoms with Crippen LogP contribution in [-0.4, -0.2) is 24.5 Å². The third kappa shape index (κ3) is 8.67. The number of rotatable bonds is 8. The Morgan fingerprint density at radius 2 is 1.88 bits per heavy atom. The highest BCUT2D eigenvalue weighted by Gasteiger charge is 2.03. The number of nitrogens with one attached hydrogen (secondary N) is 2. The molecule has 5 nitrogen and oxygen atoms in total. The fourth-order valence-corrected chi connectivity index (χ4v) is 1.91. The van der Waals surface area contributed by atoms with E-state index in [1.807, 2.05) is 13.1 Å². The summed E-state index contributed by atoms with van der Waals surface area (Å²) < 4.78 is 18.3. The van der Waals surface area contributed by atoms with E-state index in [9.17, 15) is 9.18 Å². The molecule has 2 rings (SSSR count). The Hall–Kier alpha value is -1.89. The van der Waals surface area contributed by atoms with Gasteiger partial charge in [-0.3, -0.25) is 4.79 Å². The Bertz CT molecular complexity index is 625. The highest BCUT2D eigenvalue weighted by molar-refractivity contribution is 5.85. The number of benzene rings is 1. The monoisotopic (exact) mass is 389 g/mol. The van der Waals surface area contributed by atoms with Crippen LogP contribution in [0.25, 0.3) is 0 Å². The smallest absolute Gasteiger partial charge is 0.220 e. The fraction of sp³-hybridized carbons (Fsp3) is 0.294. The lowest BCUT2D eigenvalue weighted by Gasteiger charge is -2.07. The summed E-state index contributed by atoms with van der Waals surface area (Å²) in [4.78, 5) is 15.8. The number of hydrogen-bond acceptors (Lipinski definition) is 4. The first-order valence-electron chi connectivity index (χ1n) is 7.47. The number of aromatic nitrogens is 1. The standard InChI is InChI=1S/C17H20FN3O2.2ClH/c1-19-10-2-3-16(22)20-11-13-4-9-17(21-12-13)23-15-7-5-14(18)6-8-15;;/h4-9,12,19H,2-3,10-11H2,1H3,(H,20,22);2*1H. The van der Waals surface area contributed by atoms with Gasteiger partial charge in [-0.2, -0.15) is 0 Å². The molecule has 0 bridgehead atoms. The van der Waals surface area contributed by atoms with Crippen LogP contribution in [0, 0.1) is 5.82 Å². The molecule has 0 spiro atoms. The van der Waals surface area contributed by atoms with Gasteiger partial charge >= 0.3 is 0 Å². The van der Waals surface area contributed by atoms with Gasteiger partial charge in [0.15, 0.2) is 0 Å². The van der Waals surface area contributed by atoms with E-state index in [4.69, 9.17) is 4.74 Å². The lowest BCUT2D eigenvalue weighted by molar-refractivity contribution is -0.121. The molecule has 1 aromatic carbocycles. The van der Waals surface area contributed by atoms with E-state index in [0.717, 1.165) is 18.5 Å². The Kier molecular flexibility index (Phi) is 11.5. The second-order valence-electron chi connectivity index (χ2n) is 5.04. The normalized spacial score (nSPS) is 9.52. The minimum Gasteiger partial charge on any atom is -0.439 e. The summed E-state index contributed by atoms with van der Waals surface area (Å²) in [6.07, 6.45) is 2.96. The van der Waals surface area contributed by atoms with Crippen LogP contribution in [0.3, 0.4) is 0 Å². The summed E-state index contributed by atoms with van der Waals surface area (Å²) in [5.41, 5.74) is 0.887. The molecule has 0 aliphatic carbocycles. The van der Waals surface area contributed by atoms with Crippen LogP contribution in [0.2, 0.25) is 0 Å². The molecule has 2 aromatic rings. The fourth-order valence-electron chi connectivity index (χ4n) is 1.91. The molecule has 0 unspecified atom stereocenters. The maximum absolute atomic E-state index is 12.8. The quantitative estimate of drug-likeness (QED) is 0.678. The molecule has 2 N–H and O–H groups in total.